The fourth-order valence-corrected chi connectivity index (χ4v) is 9.85. The number of anilines is 1. The summed E-state index contributed by atoms with van der Waals surface area (Å²) in [5.41, 5.74) is 0.149. The number of ether oxygens (including phenoxy) is 1. The molecule has 0 spiro atoms. The molecule has 0 radical (unpaired) electrons. The van der Waals surface area contributed by atoms with E-state index in [0.29, 0.717) is 18.7 Å². The van der Waals surface area contributed by atoms with Crippen LogP contribution in [0.2, 0.25) is 5.04 Å². The Morgan fingerprint density at radius 1 is 1.11 bits per heavy atom. The number of aromatic nitrogens is 4. The molecule has 1 fully saturated rings. The first-order valence-corrected chi connectivity index (χ1v) is 14.3. The van der Waals surface area contributed by atoms with Crippen LogP contribution in [0.5, 0.6) is 0 Å². The molecule has 2 N–H and O–H groups in total. The van der Waals surface area contributed by atoms with Gasteiger partial charge < -0.3 is 9.16 Å². The Morgan fingerprint density at radius 2 is 1.76 bits per heavy atom. The fraction of sp³-hybridized carbons (Fsp3) is 0.333. The van der Waals surface area contributed by atoms with Gasteiger partial charge >= 0.3 is 0 Å². The average Bonchev–Trinajstić information content (AvgIpc) is 3.52. The van der Waals surface area contributed by atoms with E-state index in [4.69, 9.17) is 9.16 Å². The Kier molecular flexibility index (Phi) is 6.80. The van der Waals surface area contributed by atoms with E-state index in [0.717, 1.165) is 12.8 Å². The zero-order valence-electron chi connectivity index (χ0n) is 21.2. The molecule has 1 amide bonds. The molecule has 0 aliphatic carbocycles. The van der Waals surface area contributed by atoms with Gasteiger partial charge in [-0.25, -0.2) is 4.98 Å². The van der Waals surface area contributed by atoms with Crippen molar-refractivity contribution >= 4 is 42.2 Å². The molecule has 2 atom stereocenters. The number of carbonyl (C=O) groups excluding carboxylic acids is 1. The molecule has 37 heavy (non-hydrogen) atoms. The number of nitrogens with one attached hydrogen (secondary N) is 2. The van der Waals surface area contributed by atoms with Crippen molar-refractivity contribution in [2.45, 2.75) is 51.0 Å². The monoisotopic (exact) mass is 517 g/mol. The first kappa shape index (κ1) is 25.1. The number of aromatic amines is 1. The van der Waals surface area contributed by atoms with Crippen LogP contribution in [0.15, 0.2) is 71.8 Å². The lowest BCUT2D eigenvalue weighted by molar-refractivity contribution is -0.105. The molecule has 0 saturated carbocycles. The van der Waals surface area contributed by atoms with Gasteiger partial charge in [-0.2, -0.15) is 4.98 Å². The number of benzene rings is 2. The van der Waals surface area contributed by atoms with Crippen LogP contribution >= 0.6 is 0 Å². The zero-order valence-corrected chi connectivity index (χ0v) is 22.2. The van der Waals surface area contributed by atoms with E-state index in [2.05, 4.69) is 89.6 Å². The van der Waals surface area contributed by atoms with E-state index in [1.807, 2.05) is 12.1 Å². The number of H-pyrrole nitrogens is 1. The number of carbonyl (C=O) groups is 1. The molecule has 2 aromatic heterocycles. The highest BCUT2D eigenvalue weighted by Gasteiger charge is 2.50. The smallest absolute Gasteiger partial charge is 0.280 e. The molecule has 192 valence electrons. The highest BCUT2D eigenvalue weighted by molar-refractivity contribution is 6.99. The van der Waals surface area contributed by atoms with Gasteiger partial charge in [-0.15, -0.1) is 0 Å². The standard InChI is InChI=1S/C27H31N5O4Si/c1-27(2,3)37(20-10-6-4-7-11-20,21-12-8-5-9-13-21)35-16-19-14-15-22(36-19)32-17-28-23-24(32)30-26(29-18-33)31-25(23)34/h4-13,17-19,22H,14-16H2,1-3H3,(H2,29,30,31,33,34). The van der Waals surface area contributed by atoms with Gasteiger partial charge in [0.15, 0.2) is 11.2 Å². The van der Waals surface area contributed by atoms with Crippen LogP contribution in [-0.4, -0.2) is 47.0 Å². The summed E-state index contributed by atoms with van der Waals surface area (Å²) in [6.45, 7) is 7.21. The summed E-state index contributed by atoms with van der Waals surface area (Å²) >= 11 is 0. The summed E-state index contributed by atoms with van der Waals surface area (Å²) in [6.07, 6.45) is 3.09. The van der Waals surface area contributed by atoms with E-state index >= 15 is 0 Å². The van der Waals surface area contributed by atoms with E-state index in [9.17, 15) is 9.59 Å². The Labute approximate surface area is 216 Å². The van der Waals surface area contributed by atoms with Crippen molar-refractivity contribution in [1.82, 2.24) is 19.5 Å². The first-order valence-electron chi connectivity index (χ1n) is 12.4. The van der Waals surface area contributed by atoms with Crippen LogP contribution in [0, 0.1) is 0 Å². The second-order valence-corrected chi connectivity index (χ2v) is 14.6. The second kappa shape index (κ2) is 10.0. The molecule has 10 heteroatoms. The molecule has 1 aliphatic heterocycles. The van der Waals surface area contributed by atoms with E-state index in [1.165, 1.54) is 10.4 Å². The minimum atomic E-state index is -2.67. The van der Waals surface area contributed by atoms with Crippen molar-refractivity contribution in [2.24, 2.45) is 0 Å². The molecule has 2 unspecified atom stereocenters. The Hall–Kier alpha value is -3.60. The minimum absolute atomic E-state index is 0.0683. The molecular weight excluding hydrogens is 486 g/mol. The number of hydrogen-bond acceptors (Lipinski definition) is 6. The fourth-order valence-electron chi connectivity index (χ4n) is 5.25. The highest BCUT2D eigenvalue weighted by Crippen LogP contribution is 2.38. The van der Waals surface area contributed by atoms with Crippen molar-refractivity contribution in [3.8, 4) is 0 Å². The topological polar surface area (TPSA) is 111 Å². The van der Waals surface area contributed by atoms with Gasteiger partial charge in [0.2, 0.25) is 12.4 Å². The summed E-state index contributed by atoms with van der Waals surface area (Å²) in [5.74, 6) is 0.0683. The lowest BCUT2D eigenvalue weighted by Gasteiger charge is -2.43. The number of fused-ring (bicyclic) bond motifs is 1. The molecule has 0 bridgehead atoms. The van der Waals surface area contributed by atoms with E-state index < -0.39 is 13.9 Å². The van der Waals surface area contributed by atoms with E-state index in [1.54, 1.807) is 10.9 Å². The van der Waals surface area contributed by atoms with Gasteiger partial charge in [0.25, 0.3) is 13.9 Å². The van der Waals surface area contributed by atoms with Crippen LogP contribution in [0.1, 0.15) is 39.8 Å². The van der Waals surface area contributed by atoms with Crippen LogP contribution in [0.3, 0.4) is 0 Å². The first-order chi connectivity index (χ1) is 17.8. The Bertz CT molecular complexity index is 1390. The van der Waals surface area contributed by atoms with Crippen LogP contribution in [0.4, 0.5) is 5.95 Å². The van der Waals surface area contributed by atoms with Gasteiger partial charge in [0, 0.05) is 0 Å². The number of amides is 1. The van der Waals surface area contributed by atoms with E-state index in [-0.39, 0.29) is 28.8 Å². The Balaban J connectivity index is 1.42. The normalized spacial score (nSPS) is 18.2. The van der Waals surface area contributed by atoms with Crippen molar-refractivity contribution in [3.05, 3.63) is 77.3 Å². The molecule has 1 saturated heterocycles. The van der Waals surface area contributed by atoms with Crippen LogP contribution in [-0.2, 0) is 14.0 Å². The lowest BCUT2D eigenvalue weighted by Crippen LogP contribution is -2.67. The predicted octanol–water partition coefficient (Wildman–Crippen LogP) is 2.94. The van der Waals surface area contributed by atoms with Crippen molar-refractivity contribution in [3.63, 3.8) is 0 Å². The van der Waals surface area contributed by atoms with Crippen LogP contribution in [0.25, 0.3) is 11.2 Å². The molecule has 2 aromatic carbocycles. The zero-order chi connectivity index (χ0) is 26.0. The number of imidazole rings is 1. The lowest BCUT2D eigenvalue weighted by atomic mass is 10.2. The third kappa shape index (κ3) is 4.63. The predicted molar refractivity (Wildman–Crippen MR) is 145 cm³/mol. The highest BCUT2D eigenvalue weighted by atomic mass is 28.4. The molecule has 1 aliphatic rings. The average molecular weight is 518 g/mol. The quantitative estimate of drug-likeness (QED) is 0.275. The number of hydrogen-bond donors (Lipinski definition) is 2. The second-order valence-electron chi connectivity index (χ2n) is 10.3. The van der Waals surface area contributed by atoms with Crippen molar-refractivity contribution in [1.29, 1.82) is 0 Å². The molecule has 3 heterocycles. The van der Waals surface area contributed by atoms with Gasteiger partial charge in [-0.1, -0.05) is 81.4 Å². The third-order valence-electron chi connectivity index (χ3n) is 6.93. The third-order valence-corrected chi connectivity index (χ3v) is 11.9. The summed E-state index contributed by atoms with van der Waals surface area (Å²) in [4.78, 5) is 34.3. The molecular formula is C27H31N5O4Si. The summed E-state index contributed by atoms with van der Waals surface area (Å²) in [6, 6.07) is 21.1. The molecule has 9 nitrogen and oxygen atoms in total. The van der Waals surface area contributed by atoms with Crippen LogP contribution < -0.4 is 21.2 Å². The molecule has 5 rings (SSSR count). The maximum absolute atomic E-state index is 12.4. The van der Waals surface area contributed by atoms with Gasteiger partial charge in [0.1, 0.15) is 6.23 Å². The maximum atomic E-state index is 12.4. The summed E-state index contributed by atoms with van der Waals surface area (Å²) in [7, 11) is -2.67. The van der Waals surface area contributed by atoms with Gasteiger partial charge in [-0.3, -0.25) is 24.5 Å². The molecule has 4 aromatic rings. The number of nitrogens with zero attached hydrogens (tertiary/aromatic N) is 3. The van der Waals surface area contributed by atoms with Crippen molar-refractivity contribution < 1.29 is 14.0 Å². The maximum Gasteiger partial charge on any atom is 0.280 e. The SMILES string of the molecule is CC(C)(C)[Si](OCC1CCC(n2cnc3c(=O)[nH]c(NC=O)nc32)O1)(c1ccccc1)c1ccccc1. The summed E-state index contributed by atoms with van der Waals surface area (Å²) in [5, 5.41) is 4.72. The minimum Gasteiger partial charge on any atom is -0.405 e. The van der Waals surface area contributed by atoms with Gasteiger partial charge in [-0.05, 0) is 28.3 Å². The largest absolute Gasteiger partial charge is 0.405 e. The summed E-state index contributed by atoms with van der Waals surface area (Å²) < 4.78 is 15.2. The van der Waals surface area contributed by atoms with Gasteiger partial charge in [0.05, 0.1) is 19.0 Å². The van der Waals surface area contributed by atoms with Crippen molar-refractivity contribution in [2.75, 3.05) is 11.9 Å². The number of rotatable bonds is 8. The Morgan fingerprint density at radius 3 is 2.35 bits per heavy atom.